The van der Waals surface area contributed by atoms with Crippen molar-refractivity contribution in [3.8, 4) is 0 Å². The summed E-state index contributed by atoms with van der Waals surface area (Å²) in [5.41, 5.74) is 0. The molecule has 4 atom stereocenters. The first kappa shape index (κ1) is 27.2. The molecule has 0 heterocycles. The van der Waals surface area contributed by atoms with Gasteiger partial charge < -0.3 is 14.2 Å². The molecule has 31 heavy (non-hydrogen) atoms. The van der Waals surface area contributed by atoms with E-state index < -0.39 is 11.8 Å². The number of rotatable bonds is 15. The molecule has 0 aliphatic heterocycles. The zero-order valence-electron chi connectivity index (χ0n) is 19.9. The number of carbonyl (C=O) groups is 3. The lowest BCUT2D eigenvalue weighted by Gasteiger charge is -2.36. The molecule has 0 aromatic rings. The lowest BCUT2D eigenvalue weighted by molar-refractivity contribution is -0.162. The van der Waals surface area contributed by atoms with Crippen LogP contribution in [0, 0.1) is 23.7 Å². The van der Waals surface area contributed by atoms with E-state index in [1.54, 1.807) is 0 Å². The molecule has 0 aromatic carbocycles. The van der Waals surface area contributed by atoms with Gasteiger partial charge in [0.2, 0.25) is 0 Å². The Hall–Kier alpha value is -1.85. The number of ether oxygens (including phenoxy) is 3. The van der Waals surface area contributed by atoms with Crippen LogP contribution in [0.25, 0.3) is 0 Å². The van der Waals surface area contributed by atoms with E-state index >= 15 is 0 Å². The molecular weight excluding hydrogens is 396 g/mol. The van der Waals surface area contributed by atoms with Gasteiger partial charge in [0.15, 0.2) is 0 Å². The van der Waals surface area contributed by atoms with Crippen molar-refractivity contribution in [1.82, 2.24) is 0 Å². The first-order chi connectivity index (χ1) is 15.0. The van der Waals surface area contributed by atoms with E-state index in [1.165, 1.54) is 40.6 Å². The molecule has 0 radical (unpaired) electrons. The summed E-state index contributed by atoms with van der Waals surface area (Å²) in [4.78, 5) is 36.6. The molecule has 0 unspecified atom stereocenters. The molecule has 178 valence electrons. The Kier molecular flexibility index (Phi) is 13.9. The minimum Gasteiger partial charge on any atom is -0.469 e. The van der Waals surface area contributed by atoms with Crippen molar-refractivity contribution in [3.63, 3.8) is 0 Å². The highest BCUT2D eigenvalue weighted by Crippen LogP contribution is 2.40. The maximum absolute atomic E-state index is 12.7. The van der Waals surface area contributed by atoms with E-state index in [2.05, 4.69) is 23.8 Å². The fourth-order valence-corrected chi connectivity index (χ4v) is 4.61. The first-order valence-corrected chi connectivity index (χ1v) is 11.9. The maximum Gasteiger partial charge on any atom is 0.310 e. The number of methoxy groups -OCH3 is 3. The average Bonchev–Trinajstić information content (AvgIpc) is 2.79. The van der Waals surface area contributed by atoms with Gasteiger partial charge in [-0.25, -0.2) is 0 Å². The van der Waals surface area contributed by atoms with Gasteiger partial charge in [0.25, 0.3) is 0 Å². The molecule has 0 saturated heterocycles. The predicted octanol–water partition coefficient (Wildman–Crippen LogP) is 5.24. The molecule has 0 saturated carbocycles. The summed E-state index contributed by atoms with van der Waals surface area (Å²) in [6.07, 6.45) is 15.8. The topological polar surface area (TPSA) is 78.9 Å². The Labute approximate surface area is 188 Å². The number of hydrogen-bond donors (Lipinski definition) is 0. The van der Waals surface area contributed by atoms with Gasteiger partial charge >= 0.3 is 17.9 Å². The summed E-state index contributed by atoms with van der Waals surface area (Å²) < 4.78 is 14.9. The van der Waals surface area contributed by atoms with Crippen LogP contribution in [0.1, 0.15) is 84.0 Å². The molecule has 0 fully saturated rings. The maximum atomic E-state index is 12.7. The second-order valence-corrected chi connectivity index (χ2v) is 8.54. The third-order valence-electron chi connectivity index (χ3n) is 6.40. The van der Waals surface area contributed by atoms with Crippen molar-refractivity contribution >= 4 is 17.9 Å². The SMILES string of the molecule is CCCCCCC[C@@H]1C=C[C@H](CCCCCCC(=O)OC)[C@H](C(=O)OC)[C@H]1C(=O)OC. The second-order valence-electron chi connectivity index (χ2n) is 8.54. The van der Waals surface area contributed by atoms with Crippen LogP contribution in [0.15, 0.2) is 12.2 Å². The van der Waals surface area contributed by atoms with Crippen LogP contribution in [0.3, 0.4) is 0 Å². The summed E-state index contributed by atoms with van der Waals surface area (Å²) >= 11 is 0. The van der Waals surface area contributed by atoms with E-state index in [0.29, 0.717) is 6.42 Å². The van der Waals surface area contributed by atoms with Gasteiger partial charge in [0, 0.05) is 6.42 Å². The van der Waals surface area contributed by atoms with Crippen LogP contribution < -0.4 is 0 Å². The van der Waals surface area contributed by atoms with Crippen LogP contribution in [0.5, 0.6) is 0 Å². The first-order valence-electron chi connectivity index (χ1n) is 11.9. The fraction of sp³-hybridized carbons (Fsp3) is 0.800. The predicted molar refractivity (Wildman–Crippen MR) is 120 cm³/mol. The van der Waals surface area contributed by atoms with Crippen molar-refractivity contribution in [2.24, 2.45) is 23.7 Å². The summed E-state index contributed by atoms with van der Waals surface area (Å²) in [6.45, 7) is 2.19. The van der Waals surface area contributed by atoms with Gasteiger partial charge in [0.05, 0.1) is 33.2 Å². The van der Waals surface area contributed by atoms with E-state index in [9.17, 15) is 14.4 Å². The third-order valence-corrected chi connectivity index (χ3v) is 6.40. The summed E-state index contributed by atoms with van der Waals surface area (Å²) in [5.74, 6) is -1.84. The zero-order valence-corrected chi connectivity index (χ0v) is 19.9. The molecule has 0 N–H and O–H groups in total. The van der Waals surface area contributed by atoms with E-state index in [0.717, 1.165) is 51.4 Å². The number of esters is 3. The molecule has 0 bridgehead atoms. The highest BCUT2D eigenvalue weighted by atomic mass is 16.5. The lowest BCUT2D eigenvalue weighted by Crippen LogP contribution is -2.42. The van der Waals surface area contributed by atoms with Gasteiger partial charge in [0.1, 0.15) is 0 Å². The van der Waals surface area contributed by atoms with Crippen LogP contribution in [-0.4, -0.2) is 39.2 Å². The van der Waals surface area contributed by atoms with Gasteiger partial charge in [-0.05, 0) is 31.1 Å². The Morgan fingerprint density at radius 3 is 1.52 bits per heavy atom. The smallest absolute Gasteiger partial charge is 0.310 e. The Morgan fingerprint density at radius 2 is 1.10 bits per heavy atom. The summed E-state index contributed by atoms with van der Waals surface area (Å²) in [6, 6.07) is 0. The monoisotopic (exact) mass is 438 g/mol. The third kappa shape index (κ3) is 9.44. The highest BCUT2D eigenvalue weighted by molar-refractivity contribution is 5.83. The summed E-state index contributed by atoms with van der Waals surface area (Å²) in [7, 11) is 4.18. The average molecular weight is 439 g/mol. The molecular formula is C25H42O6. The zero-order chi connectivity index (χ0) is 23.1. The molecule has 6 nitrogen and oxygen atoms in total. The Morgan fingerprint density at radius 1 is 0.645 bits per heavy atom. The molecule has 0 aromatic heterocycles. The highest BCUT2D eigenvalue weighted by Gasteiger charge is 2.45. The van der Waals surface area contributed by atoms with E-state index in [-0.39, 0.29) is 29.7 Å². The van der Waals surface area contributed by atoms with Crippen LogP contribution in [0.2, 0.25) is 0 Å². The van der Waals surface area contributed by atoms with Gasteiger partial charge in [-0.15, -0.1) is 0 Å². The lowest BCUT2D eigenvalue weighted by atomic mass is 9.67. The normalized spacial score (nSPS) is 22.7. The molecule has 1 aliphatic rings. The Balaban J connectivity index is 2.74. The van der Waals surface area contributed by atoms with Gasteiger partial charge in [-0.1, -0.05) is 70.4 Å². The van der Waals surface area contributed by atoms with E-state index in [4.69, 9.17) is 9.47 Å². The molecule has 1 aliphatic carbocycles. The molecule has 0 spiro atoms. The van der Waals surface area contributed by atoms with Crippen molar-refractivity contribution in [2.45, 2.75) is 84.0 Å². The Bertz CT molecular complexity index is 570. The molecule has 6 heteroatoms. The largest absolute Gasteiger partial charge is 0.469 e. The van der Waals surface area contributed by atoms with Crippen molar-refractivity contribution in [2.75, 3.05) is 21.3 Å². The standard InChI is InChI=1S/C25H42O6/c1-5-6-7-8-11-14-19-17-18-20(15-12-9-10-13-16-21(26)29-2)23(25(28)31-4)22(19)24(27)30-3/h17-20,22-23H,5-16H2,1-4H3/t19-,20+,22+,23+/m1/s1. The quantitative estimate of drug-likeness (QED) is 0.151. The fourth-order valence-electron chi connectivity index (χ4n) is 4.61. The van der Waals surface area contributed by atoms with Crippen molar-refractivity contribution in [1.29, 1.82) is 0 Å². The number of allylic oxidation sites excluding steroid dienone is 2. The number of unbranched alkanes of at least 4 members (excludes halogenated alkanes) is 7. The molecule has 1 rings (SSSR count). The van der Waals surface area contributed by atoms with Crippen LogP contribution >= 0.6 is 0 Å². The van der Waals surface area contributed by atoms with Crippen molar-refractivity contribution in [3.05, 3.63) is 12.2 Å². The minimum absolute atomic E-state index is 0.00878. The van der Waals surface area contributed by atoms with Crippen molar-refractivity contribution < 1.29 is 28.6 Å². The van der Waals surface area contributed by atoms with Crippen LogP contribution in [0.4, 0.5) is 0 Å². The second kappa shape index (κ2) is 15.9. The van der Waals surface area contributed by atoms with E-state index in [1.807, 2.05) is 0 Å². The number of hydrogen-bond acceptors (Lipinski definition) is 6. The molecule has 0 amide bonds. The minimum atomic E-state index is -0.502. The van der Waals surface area contributed by atoms with Gasteiger partial charge in [-0.3, -0.25) is 14.4 Å². The number of carbonyl (C=O) groups excluding carboxylic acids is 3. The van der Waals surface area contributed by atoms with Crippen LogP contribution in [-0.2, 0) is 28.6 Å². The van der Waals surface area contributed by atoms with Gasteiger partial charge in [-0.2, -0.15) is 0 Å². The summed E-state index contributed by atoms with van der Waals surface area (Å²) in [5, 5.41) is 0.